The molecule has 2 aromatic heterocycles. The summed E-state index contributed by atoms with van der Waals surface area (Å²) in [6.07, 6.45) is 0. The zero-order chi connectivity index (χ0) is 29.5. The predicted molar refractivity (Wildman–Crippen MR) is 176 cm³/mol. The third-order valence-electron chi connectivity index (χ3n) is 7.94. The van der Waals surface area contributed by atoms with Gasteiger partial charge in [-0.15, -0.1) is 0 Å². The highest BCUT2D eigenvalue weighted by Crippen LogP contribution is 2.37. The van der Waals surface area contributed by atoms with Crippen molar-refractivity contribution in [1.82, 2.24) is 9.97 Å². The van der Waals surface area contributed by atoms with Gasteiger partial charge in [-0.1, -0.05) is 103 Å². The minimum absolute atomic E-state index is 0.292. The molecule has 0 saturated heterocycles. The largest absolute Gasteiger partial charge is 0.456 e. The van der Waals surface area contributed by atoms with Crippen molar-refractivity contribution >= 4 is 21.9 Å². The molecule has 208 valence electrons. The fraction of sp³-hybridized carbons (Fsp3) is 0. The highest BCUT2D eigenvalue weighted by Gasteiger charge is 2.16. The van der Waals surface area contributed by atoms with Crippen LogP contribution in [0.15, 0.2) is 156 Å². The first kappa shape index (κ1) is 25.8. The van der Waals surface area contributed by atoms with E-state index < -0.39 is 0 Å². The molecule has 0 N–H and O–H groups in total. The molecule has 0 unspecified atom stereocenters. The number of furan rings is 1. The van der Waals surface area contributed by atoms with Gasteiger partial charge in [-0.3, -0.25) is 0 Å². The molecule has 0 aliphatic rings. The molecule has 2 heterocycles. The van der Waals surface area contributed by atoms with Crippen molar-refractivity contribution in [3.8, 4) is 56.2 Å². The Morgan fingerprint density at radius 2 is 1.00 bits per heavy atom. The van der Waals surface area contributed by atoms with Gasteiger partial charge in [0.15, 0.2) is 5.82 Å². The fourth-order valence-corrected chi connectivity index (χ4v) is 5.77. The fourth-order valence-electron chi connectivity index (χ4n) is 5.77. The topological polar surface area (TPSA) is 38.9 Å². The monoisotopic (exact) mass is 568 g/mol. The van der Waals surface area contributed by atoms with Crippen LogP contribution >= 0.6 is 0 Å². The summed E-state index contributed by atoms with van der Waals surface area (Å²) in [6, 6.07) is 50.0. The van der Waals surface area contributed by atoms with Crippen LogP contribution in [-0.2, 0) is 0 Å². The van der Waals surface area contributed by atoms with Crippen LogP contribution in [0.4, 0.5) is 4.39 Å². The zero-order valence-electron chi connectivity index (χ0n) is 23.6. The molecule has 0 bridgehead atoms. The lowest BCUT2D eigenvalue weighted by Gasteiger charge is -2.13. The van der Waals surface area contributed by atoms with E-state index in [-0.39, 0.29) is 5.82 Å². The van der Waals surface area contributed by atoms with E-state index in [9.17, 15) is 4.39 Å². The van der Waals surface area contributed by atoms with Gasteiger partial charge in [-0.2, -0.15) is 0 Å². The van der Waals surface area contributed by atoms with Gasteiger partial charge in [0.1, 0.15) is 17.0 Å². The number of fused-ring (bicyclic) bond motifs is 3. The van der Waals surface area contributed by atoms with E-state index in [2.05, 4.69) is 48.5 Å². The number of halogens is 1. The van der Waals surface area contributed by atoms with E-state index in [4.69, 9.17) is 14.4 Å². The SMILES string of the molecule is Fc1cccc2oc3ccc(-c4cc(-c5ccccc5)cc(-c5cc(-c6ccccc6)nc(-c6ccccc6)n5)c4)cc3c12. The van der Waals surface area contributed by atoms with E-state index in [1.54, 1.807) is 12.1 Å². The maximum Gasteiger partial charge on any atom is 0.160 e. The van der Waals surface area contributed by atoms with Crippen LogP contribution in [0.2, 0.25) is 0 Å². The first-order chi connectivity index (χ1) is 21.7. The molecule has 0 atom stereocenters. The summed E-state index contributed by atoms with van der Waals surface area (Å²) in [5.74, 6) is 0.371. The molecule has 0 fully saturated rings. The van der Waals surface area contributed by atoms with Gasteiger partial charge in [0.25, 0.3) is 0 Å². The molecule has 0 aliphatic carbocycles. The average molecular weight is 569 g/mol. The first-order valence-corrected chi connectivity index (χ1v) is 14.5. The van der Waals surface area contributed by atoms with Crippen LogP contribution in [0.3, 0.4) is 0 Å². The van der Waals surface area contributed by atoms with Crippen molar-refractivity contribution in [2.75, 3.05) is 0 Å². The Labute approximate surface area is 253 Å². The first-order valence-electron chi connectivity index (χ1n) is 14.5. The smallest absolute Gasteiger partial charge is 0.160 e. The molecule has 0 saturated carbocycles. The summed E-state index contributed by atoms with van der Waals surface area (Å²) in [7, 11) is 0. The quantitative estimate of drug-likeness (QED) is 0.207. The van der Waals surface area contributed by atoms with Gasteiger partial charge in [-0.05, 0) is 70.8 Å². The number of nitrogens with zero attached hydrogens (tertiary/aromatic N) is 2. The van der Waals surface area contributed by atoms with Crippen LogP contribution in [-0.4, -0.2) is 9.97 Å². The number of aromatic nitrogens is 2. The Morgan fingerprint density at radius 3 is 1.70 bits per heavy atom. The molecular formula is C40H25FN2O. The van der Waals surface area contributed by atoms with E-state index in [1.807, 2.05) is 84.9 Å². The second-order valence-electron chi connectivity index (χ2n) is 10.8. The molecule has 3 nitrogen and oxygen atoms in total. The van der Waals surface area contributed by atoms with Crippen molar-refractivity contribution in [2.45, 2.75) is 0 Å². The Morgan fingerprint density at radius 1 is 0.409 bits per heavy atom. The summed E-state index contributed by atoms with van der Waals surface area (Å²) in [5.41, 5.74) is 9.90. The standard InChI is InChI=1S/C40H25FN2O/c41-34-17-10-18-38-39(34)33-24-29(19-20-37(33)44-38)31-21-30(26-11-4-1-5-12-26)22-32(23-31)36-25-35(27-13-6-2-7-14-27)42-40(43-36)28-15-8-3-9-16-28/h1-25H. The molecular weight excluding hydrogens is 543 g/mol. The van der Waals surface area contributed by atoms with Crippen LogP contribution in [0.25, 0.3) is 78.1 Å². The van der Waals surface area contributed by atoms with E-state index >= 15 is 0 Å². The van der Waals surface area contributed by atoms with Gasteiger partial charge in [0.05, 0.1) is 16.8 Å². The lowest BCUT2D eigenvalue weighted by Crippen LogP contribution is -1.96. The maximum atomic E-state index is 14.9. The highest BCUT2D eigenvalue weighted by atomic mass is 19.1. The van der Waals surface area contributed by atoms with Crippen molar-refractivity contribution in [2.24, 2.45) is 0 Å². The molecule has 0 amide bonds. The number of rotatable bonds is 5. The van der Waals surface area contributed by atoms with Gasteiger partial charge < -0.3 is 4.42 Å². The molecule has 0 spiro atoms. The average Bonchev–Trinajstić information content (AvgIpc) is 3.48. The second kappa shape index (κ2) is 10.8. The second-order valence-corrected chi connectivity index (χ2v) is 10.8. The third-order valence-corrected chi connectivity index (χ3v) is 7.94. The normalized spacial score (nSPS) is 11.3. The minimum atomic E-state index is -0.292. The molecule has 0 aliphatic heterocycles. The summed E-state index contributed by atoms with van der Waals surface area (Å²) >= 11 is 0. The Bertz CT molecular complexity index is 2220. The molecule has 44 heavy (non-hydrogen) atoms. The lowest BCUT2D eigenvalue weighted by atomic mass is 9.94. The highest BCUT2D eigenvalue weighted by molar-refractivity contribution is 6.06. The zero-order valence-corrected chi connectivity index (χ0v) is 23.6. The Balaban J connectivity index is 1.36. The number of benzene rings is 6. The number of hydrogen-bond donors (Lipinski definition) is 0. The summed E-state index contributed by atoms with van der Waals surface area (Å²) < 4.78 is 20.9. The summed E-state index contributed by atoms with van der Waals surface area (Å²) in [6.45, 7) is 0. The van der Waals surface area contributed by atoms with E-state index in [0.717, 1.165) is 55.7 Å². The molecule has 8 aromatic rings. The number of hydrogen-bond acceptors (Lipinski definition) is 3. The Hall–Kier alpha value is -5.87. The predicted octanol–water partition coefficient (Wildman–Crippen LogP) is 10.9. The van der Waals surface area contributed by atoms with Crippen LogP contribution in [0.5, 0.6) is 0 Å². The lowest BCUT2D eigenvalue weighted by molar-refractivity contribution is 0.634. The van der Waals surface area contributed by atoms with Gasteiger partial charge in [0, 0.05) is 22.1 Å². The van der Waals surface area contributed by atoms with Gasteiger partial charge in [-0.25, -0.2) is 14.4 Å². The van der Waals surface area contributed by atoms with E-state index in [1.165, 1.54) is 6.07 Å². The van der Waals surface area contributed by atoms with E-state index in [0.29, 0.717) is 22.4 Å². The van der Waals surface area contributed by atoms with Crippen molar-refractivity contribution in [3.05, 3.63) is 157 Å². The Kier molecular flexibility index (Phi) is 6.31. The molecule has 0 radical (unpaired) electrons. The van der Waals surface area contributed by atoms with Crippen LogP contribution in [0, 0.1) is 5.82 Å². The molecule has 8 rings (SSSR count). The third kappa shape index (κ3) is 4.73. The maximum absolute atomic E-state index is 14.9. The van der Waals surface area contributed by atoms with Crippen molar-refractivity contribution < 1.29 is 8.81 Å². The van der Waals surface area contributed by atoms with Crippen LogP contribution < -0.4 is 0 Å². The van der Waals surface area contributed by atoms with Crippen molar-refractivity contribution in [1.29, 1.82) is 0 Å². The van der Waals surface area contributed by atoms with Crippen LogP contribution in [0.1, 0.15) is 0 Å². The van der Waals surface area contributed by atoms with Gasteiger partial charge >= 0.3 is 0 Å². The van der Waals surface area contributed by atoms with Gasteiger partial charge in [0.2, 0.25) is 0 Å². The van der Waals surface area contributed by atoms with Crippen molar-refractivity contribution in [3.63, 3.8) is 0 Å². The molecule has 4 heteroatoms. The minimum Gasteiger partial charge on any atom is -0.456 e. The molecule has 6 aromatic carbocycles. The summed E-state index contributed by atoms with van der Waals surface area (Å²) in [5, 5.41) is 1.25. The summed E-state index contributed by atoms with van der Waals surface area (Å²) in [4.78, 5) is 10.1.